The van der Waals surface area contributed by atoms with Crippen LogP contribution in [0.5, 0.6) is 0 Å². The Labute approximate surface area is 177 Å². The Balaban J connectivity index is 1.45. The van der Waals surface area contributed by atoms with E-state index in [0.29, 0.717) is 13.1 Å². The number of aromatic nitrogens is 4. The molecule has 0 aliphatic rings. The molecule has 0 fully saturated rings. The minimum atomic E-state index is -0.0572. The summed E-state index contributed by atoms with van der Waals surface area (Å²) in [5.74, 6) is 0.00979. The van der Waals surface area contributed by atoms with Crippen LogP contribution in [-0.2, 0) is 17.8 Å². The Hall–Kier alpha value is -2.84. The molecule has 8 heteroatoms. The van der Waals surface area contributed by atoms with Crippen LogP contribution in [0.2, 0.25) is 0 Å². The molecule has 1 amide bonds. The number of nitrogens with zero attached hydrogens (tertiary/aromatic N) is 4. The molecular weight excluding hydrogens is 402 g/mol. The van der Waals surface area contributed by atoms with Crippen molar-refractivity contribution in [1.29, 1.82) is 0 Å². The van der Waals surface area contributed by atoms with Crippen LogP contribution in [0, 0.1) is 5.92 Å². The summed E-state index contributed by atoms with van der Waals surface area (Å²) >= 11 is 3.34. The summed E-state index contributed by atoms with van der Waals surface area (Å²) in [4.78, 5) is 23.4. The second kappa shape index (κ2) is 9.11. The number of hydrogen-bond donors (Lipinski definition) is 1. The maximum atomic E-state index is 12.4. The van der Waals surface area contributed by atoms with Crippen LogP contribution < -0.4 is 5.32 Å². The molecule has 29 heavy (non-hydrogen) atoms. The Morgan fingerprint density at radius 2 is 2.03 bits per heavy atom. The van der Waals surface area contributed by atoms with E-state index >= 15 is 0 Å². The summed E-state index contributed by atoms with van der Waals surface area (Å²) in [5.41, 5.74) is 2.73. The number of hydrogen-bond acceptors (Lipinski definition) is 6. The molecule has 4 heterocycles. The lowest BCUT2D eigenvalue weighted by molar-refractivity contribution is -0.124. The van der Waals surface area contributed by atoms with E-state index in [-0.39, 0.29) is 11.8 Å². The smallest absolute Gasteiger partial charge is 0.223 e. The number of carbonyl (C=O) groups excluding carboxylic acids is 1. The Bertz CT molecular complexity index is 1040. The van der Waals surface area contributed by atoms with Crippen molar-refractivity contribution in [3.8, 4) is 21.8 Å². The molecule has 0 bridgehead atoms. The Morgan fingerprint density at radius 3 is 2.76 bits per heavy atom. The summed E-state index contributed by atoms with van der Waals surface area (Å²) in [7, 11) is 0. The molecule has 0 aliphatic carbocycles. The van der Waals surface area contributed by atoms with Crippen molar-refractivity contribution < 1.29 is 4.79 Å². The molecule has 6 nitrogen and oxygen atoms in total. The van der Waals surface area contributed by atoms with Crippen LogP contribution in [0.1, 0.15) is 11.8 Å². The van der Waals surface area contributed by atoms with Gasteiger partial charge in [-0.3, -0.25) is 19.4 Å². The molecule has 4 aromatic rings. The number of thiophene rings is 2. The molecule has 0 spiro atoms. The molecule has 4 aromatic heterocycles. The van der Waals surface area contributed by atoms with E-state index < -0.39 is 0 Å². The summed E-state index contributed by atoms with van der Waals surface area (Å²) in [5, 5.41) is 11.7. The highest BCUT2D eigenvalue weighted by Gasteiger charge is 2.18. The SMILES string of the molecule is C[C@@H](Cc1cccs1)C(=O)NCCn1ncc(-c2cnccn2)c1-c1cccs1. The fourth-order valence-electron chi connectivity index (χ4n) is 3.14. The van der Waals surface area contributed by atoms with Crippen molar-refractivity contribution in [2.24, 2.45) is 5.92 Å². The standard InChI is InChI=1S/C21H21N5OS2/c1-15(12-16-4-2-10-28-16)21(27)24-8-9-26-20(19-5-3-11-29-19)17(13-25-26)18-14-22-6-7-23-18/h2-7,10-11,13-15H,8-9,12H2,1H3,(H,24,27)/t15-/m0/s1. The molecule has 1 atom stereocenters. The zero-order chi connectivity index (χ0) is 20.1. The van der Waals surface area contributed by atoms with Gasteiger partial charge in [0.2, 0.25) is 5.91 Å². The lowest BCUT2D eigenvalue weighted by Gasteiger charge is -2.13. The lowest BCUT2D eigenvalue weighted by atomic mass is 10.1. The second-order valence-corrected chi connectivity index (χ2v) is 8.65. The van der Waals surface area contributed by atoms with Crippen LogP contribution >= 0.6 is 22.7 Å². The highest BCUT2D eigenvalue weighted by Crippen LogP contribution is 2.33. The summed E-state index contributed by atoms with van der Waals surface area (Å²) in [6.07, 6.45) is 7.67. The zero-order valence-corrected chi connectivity index (χ0v) is 17.6. The number of rotatable bonds is 8. The minimum absolute atomic E-state index is 0.0572. The molecule has 0 saturated carbocycles. The third kappa shape index (κ3) is 4.60. The summed E-state index contributed by atoms with van der Waals surface area (Å²) in [6, 6.07) is 8.17. The van der Waals surface area contributed by atoms with Gasteiger partial charge < -0.3 is 5.32 Å². The maximum absolute atomic E-state index is 12.4. The van der Waals surface area contributed by atoms with Gasteiger partial charge >= 0.3 is 0 Å². The fraction of sp³-hybridized carbons (Fsp3) is 0.238. The topological polar surface area (TPSA) is 72.7 Å². The zero-order valence-electron chi connectivity index (χ0n) is 16.0. The van der Waals surface area contributed by atoms with Crippen LogP contribution in [-0.4, -0.2) is 32.2 Å². The Kier molecular flexibility index (Phi) is 6.12. The Morgan fingerprint density at radius 1 is 1.17 bits per heavy atom. The van der Waals surface area contributed by atoms with Gasteiger partial charge in [0.25, 0.3) is 0 Å². The van der Waals surface area contributed by atoms with Gasteiger partial charge in [0, 0.05) is 35.3 Å². The number of carbonyl (C=O) groups is 1. The largest absolute Gasteiger partial charge is 0.354 e. The normalized spacial score (nSPS) is 12.0. The van der Waals surface area contributed by atoms with Crippen molar-refractivity contribution in [2.45, 2.75) is 19.9 Å². The second-order valence-electron chi connectivity index (χ2n) is 6.67. The average molecular weight is 424 g/mol. The molecule has 1 N–H and O–H groups in total. The van der Waals surface area contributed by atoms with Crippen molar-refractivity contribution in [1.82, 2.24) is 25.1 Å². The van der Waals surface area contributed by atoms with E-state index in [4.69, 9.17) is 0 Å². The van der Waals surface area contributed by atoms with E-state index in [1.165, 1.54) is 4.88 Å². The number of amides is 1. The third-order valence-corrected chi connectivity index (χ3v) is 6.37. The van der Waals surface area contributed by atoms with Crippen LogP contribution in [0.3, 0.4) is 0 Å². The van der Waals surface area contributed by atoms with Gasteiger partial charge in [-0.25, -0.2) is 0 Å². The first kappa shape index (κ1) is 19.5. The van der Waals surface area contributed by atoms with Crippen LogP contribution in [0.25, 0.3) is 21.8 Å². The van der Waals surface area contributed by atoms with Gasteiger partial charge in [-0.15, -0.1) is 22.7 Å². The van der Waals surface area contributed by atoms with Gasteiger partial charge in [0.15, 0.2) is 0 Å². The molecule has 0 saturated heterocycles. The van der Waals surface area contributed by atoms with Gasteiger partial charge in [0.05, 0.1) is 35.2 Å². The molecular formula is C21H21N5OS2. The molecule has 4 rings (SSSR count). The monoisotopic (exact) mass is 423 g/mol. The van der Waals surface area contributed by atoms with Crippen LogP contribution in [0.15, 0.2) is 59.8 Å². The van der Waals surface area contributed by atoms with Crippen molar-refractivity contribution in [3.05, 3.63) is 64.7 Å². The first-order chi connectivity index (χ1) is 14.2. The highest BCUT2D eigenvalue weighted by molar-refractivity contribution is 7.13. The maximum Gasteiger partial charge on any atom is 0.223 e. The van der Waals surface area contributed by atoms with E-state index in [1.807, 2.05) is 40.7 Å². The van der Waals surface area contributed by atoms with Gasteiger partial charge in [-0.1, -0.05) is 19.1 Å². The van der Waals surface area contributed by atoms with Gasteiger partial charge in [0.1, 0.15) is 0 Å². The lowest BCUT2D eigenvalue weighted by Crippen LogP contribution is -2.32. The first-order valence-corrected chi connectivity index (χ1v) is 11.1. The first-order valence-electron chi connectivity index (χ1n) is 9.38. The third-order valence-electron chi connectivity index (χ3n) is 4.59. The molecule has 0 aliphatic heterocycles. The van der Waals surface area contributed by atoms with E-state index in [0.717, 1.165) is 28.2 Å². The summed E-state index contributed by atoms with van der Waals surface area (Å²) < 4.78 is 1.93. The van der Waals surface area contributed by atoms with Crippen LogP contribution in [0.4, 0.5) is 0 Å². The van der Waals surface area contributed by atoms with Gasteiger partial charge in [-0.2, -0.15) is 5.10 Å². The predicted molar refractivity (Wildman–Crippen MR) is 117 cm³/mol. The number of nitrogens with one attached hydrogen (secondary N) is 1. The summed E-state index contributed by atoms with van der Waals surface area (Å²) in [6.45, 7) is 3.07. The highest BCUT2D eigenvalue weighted by atomic mass is 32.1. The van der Waals surface area contributed by atoms with E-state index in [2.05, 4.69) is 32.5 Å². The van der Waals surface area contributed by atoms with Crippen molar-refractivity contribution >= 4 is 28.6 Å². The molecule has 0 radical (unpaired) electrons. The van der Waals surface area contributed by atoms with E-state index in [1.54, 1.807) is 41.3 Å². The molecule has 148 valence electrons. The van der Waals surface area contributed by atoms with Gasteiger partial charge in [-0.05, 0) is 29.3 Å². The average Bonchev–Trinajstić information content (AvgIpc) is 3.50. The van der Waals surface area contributed by atoms with Crippen molar-refractivity contribution in [2.75, 3.05) is 6.54 Å². The molecule has 0 unspecified atom stereocenters. The van der Waals surface area contributed by atoms with E-state index in [9.17, 15) is 4.79 Å². The quantitative estimate of drug-likeness (QED) is 0.463. The van der Waals surface area contributed by atoms with Crippen molar-refractivity contribution in [3.63, 3.8) is 0 Å². The fourth-order valence-corrected chi connectivity index (χ4v) is 4.76. The minimum Gasteiger partial charge on any atom is -0.354 e. The predicted octanol–water partition coefficient (Wildman–Crippen LogP) is 4.13. The molecule has 0 aromatic carbocycles.